The van der Waals surface area contributed by atoms with E-state index in [1.54, 1.807) is 0 Å². The molecule has 0 saturated carbocycles. The van der Waals surface area contributed by atoms with Crippen LogP contribution in [0.5, 0.6) is 0 Å². The van der Waals surface area contributed by atoms with Gasteiger partial charge in [-0.25, -0.2) is 4.79 Å². The number of carbonyl (C=O) groups excluding carboxylic acids is 3. The fraction of sp³-hybridized carbons (Fsp3) is 0.444. The van der Waals surface area contributed by atoms with Gasteiger partial charge < -0.3 is 15.2 Å². The Kier molecular flexibility index (Phi) is 4.46. The second-order valence-electron chi connectivity index (χ2n) is 2.94. The lowest BCUT2D eigenvalue weighted by Gasteiger charge is -2.13. The molecular formula is C9H12N2O5. The fourth-order valence-corrected chi connectivity index (χ4v) is 1.11. The third kappa shape index (κ3) is 3.70. The van der Waals surface area contributed by atoms with E-state index in [0.29, 0.717) is 0 Å². The molecule has 1 rings (SSSR count). The van der Waals surface area contributed by atoms with Gasteiger partial charge in [0.1, 0.15) is 6.61 Å². The maximum absolute atomic E-state index is 11.1. The second kappa shape index (κ2) is 5.86. The van der Waals surface area contributed by atoms with Gasteiger partial charge in [-0.2, -0.15) is 0 Å². The Bertz CT molecular complexity index is 308. The molecule has 88 valence electrons. The number of rotatable bonds is 6. The molecule has 0 radical (unpaired) electrons. The number of nitrogens with two attached hydrogens (primary N) is 1. The monoisotopic (exact) mass is 228 g/mol. The van der Waals surface area contributed by atoms with Crippen LogP contribution in [0.25, 0.3) is 0 Å². The molecule has 7 nitrogen and oxygen atoms in total. The topological polar surface area (TPSA) is 98.9 Å². The maximum atomic E-state index is 11.1. The molecular weight excluding hydrogens is 216 g/mol. The SMILES string of the molecule is NC(=O)OCCOCCN1C(=O)C=CC1=O. The minimum atomic E-state index is -0.863. The van der Waals surface area contributed by atoms with Crippen LogP contribution >= 0.6 is 0 Å². The van der Waals surface area contributed by atoms with E-state index in [1.807, 2.05) is 0 Å². The molecule has 0 bridgehead atoms. The van der Waals surface area contributed by atoms with Gasteiger partial charge in [0.2, 0.25) is 0 Å². The van der Waals surface area contributed by atoms with Crippen molar-refractivity contribution in [3.63, 3.8) is 0 Å². The zero-order valence-corrected chi connectivity index (χ0v) is 8.55. The van der Waals surface area contributed by atoms with Crippen molar-refractivity contribution in [2.75, 3.05) is 26.4 Å². The van der Waals surface area contributed by atoms with E-state index >= 15 is 0 Å². The molecule has 0 saturated heterocycles. The summed E-state index contributed by atoms with van der Waals surface area (Å²) in [7, 11) is 0. The van der Waals surface area contributed by atoms with Crippen LogP contribution in [0.4, 0.5) is 4.79 Å². The lowest BCUT2D eigenvalue weighted by Crippen LogP contribution is -2.33. The lowest BCUT2D eigenvalue weighted by molar-refractivity contribution is -0.137. The maximum Gasteiger partial charge on any atom is 0.404 e. The van der Waals surface area contributed by atoms with E-state index in [9.17, 15) is 14.4 Å². The van der Waals surface area contributed by atoms with E-state index in [4.69, 9.17) is 10.5 Å². The first-order chi connectivity index (χ1) is 7.61. The van der Waals surface area contributed by atoms with Crippen molar-refractivity contribution in [2.24, 2.45) is 5.73 Å². The van der Waals surface area contributed by atoms with Crippen molar-refractivity contribution < 1.29 is 23.9 Å². The van der Waals surface area contributed by atoms with Gasteiger partial charge in [-0.15, -0.1) is 0 Å². The predicted molar refractivity (Wildman–Crippen MR) is 52.2 cm³/mol. The highest BCUT2D eigenvalue weighted by atomic mass is 16.6. The standard InChI is InChI=1S/C9H12N2O5/c10-9(14)16-6-5-15-4-3-11-7(12)1-2-8(11)13/h1-2H,3-6H2,(H2,10,14). The van der Waals surface area contributed by atoms with Crippen LogP contribution in [0.3, 0.4) is 0 Å². The Hall–Kier alpha value is -1.89. The van der Waals surface area contributed by atoms with Gasteiger partial charge in [-0.3, -0.25) is 14.5 Å². The van der Waals surface area contributed by atoms with Gasteiger partial charge in [0.25, 0.3) is 11.8 Å². The Morgan fingerprint density at radius 3 is 2.38 bits per heavy atom. The largest absolute Gasteiger partial charge is 0.447 e. The van der Waals surface area contributed by atoms with E-state index < -0.39 is 6.09 Å². The highest BCUT2D eigenvalue weighted by molar-refractivity contribution is 6.12. The molecule has 0 aromatic rings. The molecule has 3 amide bonds. The molecule has 0 aromatic heterocycles. The van der Waals surface area contributed by atoms with Crippen molar-refractivity contribution in [1.82, 2.24) is 4.90 Å². The average molecular weight is 228 g/mol. The minimum Gasteiger partial charge on any atom is -0.447 e. The molecule has 16 heavy (non-hydrogen) atoms. The van der Waals surface area contributed by atoms with Crippen LogP contribution in [-0.2, 0) is 19.1 Å². The molecule has 0 unspecified atom stereocenters. The Labute approximate surface area is 91.8 Å². The molecule has 7 heteroatoms. The number of nitrogens with zero attached hydrogens (tertiary/aromatic N) is 1. The number of ether oxygens (including phenoxy) is 2. The summed E-state index contributed by atoms with van der Waals surface area (Å²) in [5.74, 6) is -0.691. The summed E-state index contributed by atoms with van der Waals surface area (Å²) in [5, 5.41) is 0. The van der Waals surface area contributed by atoms with Crippen LogP contribution in [0.15, 0.2) is 12.2 Å². The molecule has 0 atom stereocenters. The number of primary amides is 1. The summed E-state index contributed by atoms with van der Waals surface area (Å²) in [5.41, 5.74) is 4.72. The van der Waals surface area contributed by atoms with Gasteiger partial charge in [0.15, 0.2) is 0 Å². The zero-order valence-electron chi connectivity index (χ0n) is 8.55. The quantitative estimate of drug-likeness (QED) is 0.465. The van der Waals surface area contributed by atoms with E-state index in [0.717, 1.165) is 4.90 Å². The van der Waals surface area contributed by atoms with Gasteiger partial charge in [-0.05, 0) is 0 Å². The summed E-state index contributed by atoms with van der Waals surface area (Å²) in [4.78, 5) is 33.4. The molecule has 1 aliphatic heterocycles. The molecule has 0 aliphatic carbocycles. The van der Waals surface area contributed by atoms with Crippen molar-refractivity contribution in [3.8, 4) is 0 Å². The first kappa shape index (κ1) is 12.2. The average Bonchev–Trinajstić information content (AvgIpc) is 2.53. The van der Waals surface area contributed by atoms with E-state index in [-0.39, 0.29) is 38.2 Å². The number of carbonyl (C=O) groups is 3. The van der Waals surface area contributed by atoms with Crippen LogP contribution < -0.4 is 5.73 Å². The highest BCUT2D eigenvalue weighted by Crippen LogP contribution is 2.02. The molecule has 1 aliphatic rings. The van der Waals surface area contributed by atoms with Gasteiger partial charge in [-0.1, -0.05) is 0 Å². The van der Waals surface area contributed by atoms with Crippen LogP contribution in [0.1, 0.15) is 0 Å². The molecule has 1 heterocycles. The van der Waals surface area contributed by atoms with Crippen molar-refractivity contribution in [1.29, 1.82) is 0 Å². The summed E-state index contributed by atoms with van der Waals surface area (Å²) in [6.07, 6.45) is 1.55. The van der Waals surface area contributed by atoms with Crippen molar-refractivity contribution in [3.05, 3.63) is 12.2 Å². The van der Waals surface area contributed by atoms with E-state index in [2.05, 4.69) is 4.74 Å². The fourth-order valence-electron chi connectivity index (χ4n) is 1.11. The Balaban J connectivity index is 2.05. The third-order valence-corrected chi connectivity index (χ3v) is 1.83. The lowest BCUT2D eigenvalue weighted by atomic mass is 10.5. The highest BCUT2D eigenvalue weighted by Gasteiger charge is 2.22. The van der Waals surface area contributed by atoms with Gasteiger partial charge >= 0.3 is 6.09 Å². The molecule has 0 fully saturated rings. The van der Waals surface area contributed by atoms with Crippen LogP contribution in [0.2, 0.25) is 0 Å². The minimum absolute atomic E-state index is 0.0511. The number of amides is 3. The van der Waals surface area contributed by atoms with E-state index in [1.165, 1.54) is 12.2 Å². The smallest absolute Gasteiger partial charge is 0.404 e. The summed E-state index contributed by atoms with van der Waals surface area (Å²) >= 11 is 0. The summed E-state index contributed by atoms with van der Waals surface area (Å²) < 4.78 is 9.45. The number of hydrogen-bond acceptors (Lipinski definition) is 5. The second-order valence-corrected chi connectivity index (χ2v) is 2.94. The Morgan fingerprint density at radius 2 is 1.81 bits per heavy atom. The first-order valence-electron chi connectivity index (χ1n) is 4.65. The number of imide groups is 1. The van der Waals surface area contributed by atoms with Crippen LogP contribution in [-0.4, -0.2) is 49.2 Å². The Morgan fingerprint density at radius 1 is 1.19 bits per heavy atom. The normalized spacial score (nSPS) is 14.6. The van der Waals surface area contributed by atoms with Crippen molar-refractivity contribution >= 4 is 17.9 Å². The van der Waals surface area contributed by atoms with Crippen molar-refractivity contribution in [2.45, 2.75) is 0 Å². The molecule has 0 aromatic carbocycles. The number of hydrogen-bond donors (Lipinski definition) is 1. The zero-order chi connectivity index (χ0) is 12.0. The summed E-state index contributed by atoms with van der Waals surface area (Å²) in [6, 6.07) is 0. The third-order valence-electron chi connectivity index (χ3n) is 1.83. The molecule has 0 spiro atoms. The predicted octanol–water partition coefficient (Wildman–Crippen LogP) is -0.977. The first-order valence-corrected chi connectivity index (χ1v) is 4.65. The van der Waals surface area contributed by atoms with Gasteiger partial charge in [0, 0.05) is 12.2 Å². The van der Waals surface area contributed by atoms with Gasteiger partial charge in [0.05, 0.1) is 19.8 Å². The van der Waals surface area contributed by atoms with Crippen LogP contribution in [0, 0.1) is 0 Å². The summed E-state index contributed by atoms with van der Waals surface area (Å²) in [6.45, 7) is 0.602. The molecule has 2 N–H and O–H groups in total.